The average Bonchev–Trinajstić information content (AvgIpc) is 2.77. The molecule has 0 aromatic heterocycles. The first-order valence-corrected chi connectivity index (χ1v) is 11.6. The highest BCUT2D eigenvalue weighted by Crippen LogP contribution is 2.39. The number of fused-ring (bicyclic) bond motifs is 1. The minimum Gasteiger partial charge on any atom is -0.488 e. The SMILES string of the molecule is FB(F)N(C1=C(C=Nc2ccc(I)c(F)c2)COc2cc(F)ccc21)c1ccc(I)c(F)c1. The maximum atomic E-state index is 14.4. The van der Waals surface area contributed by atoms with Gasteiger partial charge in [0.15, 0.2) is 0 Å². The molecule has 33 heavy (non-hydrogen) atoms. The number of nitrogens with zero attached hydrogens (tertiary/aromatic N) is 2. The number of halogens is 7. The lowest BCUT2D eigenvalue weighted by molar-refractivity contribution is 0.349. The van der Waals surface area contributed by atoms with Crippen LogP contribution in [0.5, 0.6) is 5.75 Å². The van der Waals surface area contributed by atoms with Gasteiger partial charge in [-0.1, -0.05) is 0 Å². The first-order valence-electron chi connectivity index (χ1n) is 9.42. The molecular weight excluding hydrogens is 668 g/mol. The summed E-state index contributed by atoms with van der Waals surface area (Å²) in [6, 6.07) is 11.6. The molecule has 3 nitrogen and oxygen atoms in total. The van der Waals surface area contributed by atoms with E-state index in [4.69, 9.17) is 4.74 Å². The van der Waals surface area contributed by atoms with Crippen LogP contribution in [0.1, 0.15) is 5.56 Å². The zero-order valence-corrected chi connectivity index (χ0v) is 20.8. The van der Waals surface area contributed by atoms with Crippen molar-refractivity contribution in [3.05, 3.63) is 90.3 Å². The van der Waals surface area contributed by atoms with E-state index in [0.29, 0.717) is 8.38 Å². The Kier molecular flexibility index (Phi) is 7.26. The van der Waals surface area contributed by atoms with Crippen molar-refractivity contribution in [2.75, 3.05) is 11.4 Å². The van der Waals surface area contributed by atoms with E-state index in [-0.39, 0.29) is 44.1 Å². The van der Waals surface area contributed by atoms with Crippen LogP contribution >= 0.6 is 45.2 Å². The number of ether oxygens (including phenoxy) is 1. The van der Waals surface area contributed by atoms with Gasteiger partial charge in [-0.15, -0.1) is 0 Å². The molecule has 0 N–H and O–H groups in total. The molecule has 168 valence electrons. The van der Waals surface area contributed by atoms with E-state index in [1.165, 1.54) is 36.5 Å². The van der Waals surface area contributed by atoms with Crippen molar-refractivity contribution in [1.29, 1.82) is 0 Å². The molecule has 0 fully saturated rings. The molecule has 0 atom stereocenters. The Morgan fingerprint density at radius 1 is 0.909 bits per heavy atom. The molecule has 3 aromatic carbocycles. The van der Waals surface area contributed by atoms with Crippen LogP contribution in [0, 0.1) is 24.6 Å². The van der Waals surface area contributed by atoms with Gasteiger partial charge in [-0.25, -0.2) is 13.2 Å². The molecule has 1 aliphatic rings. The van der Waals surface area contributed by atoms with Crippen LogP contribution in [0.15, 0.2) is 65.2 Å². The molecule has 1 aliphatic heterocycles. The molecule has 0 saturated heterocycles. The van der Waals surface area contributed by atoms with Crippen molar-refractivity contribution in [3.63, 3.8) is 0 Å². The van der Waals surface area contributed by atoms with Gasteiger partial charge in [0.2, 0.25) is 0 Å². The second-order valence-corrected chi connectivity index (χ2v) is 9.23. The van der Waals surface area contributed by atoms with E-state index in [2.05, 4.69) is 4.99 Å². The second kappa shape index (κ2) is 9.99. The monoisotopic (exact) mass is 680 g/mol. The Bertz CT molecular complexity index is 1290. The molecule has 11 heteroatoms. The van der Waals surface area contributed by atoms with Crippen molar-refractivity contribution >= 4 is 75.9 Å². The standard InChI is InChI=1S/C22H12BF5I2N2O/c24-13-1-4-16-21(7-13)33-11-12(10-31-14-2-5-19(29)17(25)8-14)22(16)32(23(27)28)15-3-6-20(30)18(26)9-15/h1-10H,11H2. The normalized spacial score (nSPS) is 13.2. The summed E-state index contributed by atoms with van der Waals surface area (Å²) in [4.78, 5) is 4.86. The minimum atomic E-state index is -3.06. The summed E-state index contributed by atoms with van der Waals surface area (Å²) in [5, 5.41) is 0. The fourth-order valence-electron chi connectivity index (χ4n) is 3.28. The molecule has 0 radical (unpaired) electrons. The lowest BCUT2D eigenvalue weighted by atomic mass is 9.96. The van der Waals surface area contributed by atoms with Crippen LogP contribution in [0.4, 0.5) is 33.2 Å². The van der Waals surface area contributed by atoms with Gasteiger partial charge in [0.1, 0.15) is 29.8 Å². The van der Waals surface area contributed by atoms with E-state index in [9.17, 15) is 21.8 Å². The summed E-state index contributed by atoms with van der Waals surface area (Å²) in [6.45, 7) is -0.196. The molecule has 0 amide bonds. The number of anilines is 1. The van der Waals surface area contributed by atoms with Crippen LogP contribution in [0.2, 0.25) is 0 Å². The summed E-state index contributed by atoms with van der Waals surface area (Å²) in [5.41, 5.74) is 0.584. The Balaban J connectivity index is 1.89. The maximum absolute atomic E-state index is 14.4. The lowest BCUT2D eigenvalue weighted by Gasteiger charge is -2.31. The molecule has 0 spiro atoms. The summed E-state index contributed by atoms with van der Waals surface area (Å²) >= 11 is 3.60. The van der Waals surface area contributed by atoms with E-state index < -0.39 is 24.9 Å². The van der Waals surface area contributed by atoms with Crippen LogP contribution in [-0.4, -0.2) is 20.2 Å². The van der Waals surface area contributed by atoms with E-state index in [1.54, 1.807) is 28.7 Å². The predicted octanol–water partition coefficient (Wildman–Crippen LogP) is 7.25. The third kappa shape index (κ3) is 5.18. The van der Waals surface area contributed by atoms with Crippen molar-refractivity contribution in [2.24, 2.45) is 4.99 Å². The zero-order chi connectivity index (χ0) is 23.7. The largest absolute Gasteiger partial charge is 0.678 e. The van der Waals surface area contributed by atoms with E-state index in [1.807, 2.05) is 22.6 Å². The van der Waals surface area contributed by atoms with Crippen LogP contribution in [-0.2, 0) is 0 Å². The smallest absolute Gasteiger partial charge is 0.488 e. The number of benzene rings is 3. The van der Waals surface area contributed by atoms with E-state index >= 15 is 0 Å². The lowest BCUT2D eigenvalue weighted by Crippen LogP contribution is -2.35. The molecule has 3 aromatic rings. The summed E-state index contributed by atoms with van der Waals surface area (Å²) in [6.07, 6.45) is 1.29. The molecule has 0 aliphatic carbocycles. The molecule has 0 unspecified atom stereocenters. The number of rotatable bonds is 5. The first kappa shape index (κ1) is 24.0. The van der Waals surface area contributed by atoms with Crippen molar-refractivity contribution < 1.29 is 26.5 Å². The molecule has 0 bridgehead atoms. The average molecular weight is 680 g/mol. The van der Waals surface area contributed by atoms with Gasteiger partial charge in [-0.05, 0) is 87.6 Å². The van der Waals surface area contributed by atoms with Gasteiger partial charge in [-0.3, -0.25) is 13.6 Å². The molecule has 4 rings (SSSR count). The van der Waals surface area contributed by atoms with E-state index in [0.717, 1.165) is 18.2 Å². The van der Waals surface area contributed by atoms with Crippen LogP contribution in [0.3, 0.4) is 0 Å². The van der Waals surface area contributed by atoms with Gasteiger partial charge in [0.05, 0.1) is 11.4 Å². The highest BCUT2D eigenvalue weighted by molar-refractivity contribution is 14.1. The van der Waals surface area contributed by atoms with Crippen molar-refractivity contribution in [3.8, 4) is 5.75 Å². The third-order valence-electron chi connectivity index (χ3n) is 4.78. The Morgan fingerprint density at radius 2 is 1.61 bits per heavy atom. The molecule has 1 heterocycles. The number of hydrogen-bond acceptors (Lipinski definition) is 3. The first-order chi connectivity index (χ1) is 15.7. The topological polar surface area (TPSA) is 24.8 Å². The maximum Gasteiger partial charge on any atom is 0.678 e. The highest BCUT2D eigenvalue weighted by Gasteiger charge is 2.35. The van der Waals surface area contributed by atoms with Gasteiger partial charge in [-0.2, -0.15) is 0 Å². The highest BCUT2D eigenvalue weighted by atomic mass is 127. The molecular formula is C22H12BF5I2N2O. The fourth-order valence-corrected chi connectivity index (χ4v) is 3.95. The Labute approximate surface area is 213 Å². The second-order valence-electron chi connectivity index (χ2n) is 6.91. The van der Waals surface area contributed by atoms with Crippen LogP contribution < -0.4 is 9.55 Å². The Morgan fingerprint density at radius 3 is 2.27 bits per heavy atom. The quantitative estimate of drug-likeness (QED) is 0.123. The summed E-state index contributed by atoms with van der Waals surface area (Å²) in [5.74, 6) is -1.65. The van der Waals surface area contributed by atoms with Crippen LogP contribution in [0.25, 0.3) is 5.70 Å². The third-order valence-corrected chi connectivity index (χ3v) is 6.53. The number of hydrogen-bond donors (Lipinski definition) is 0. The van der Waals surface area contributed by atoms with Crippen molar-refractivity contribution in [1.82, 2.24) is 0 Å². The zero-order valence-electron chi connectivity index (χ0n) is 16.5. The van der Waals surface area contributed by atoms with Gasteiger partial charge < -0.3 is 9.55 Å². The molecule has 0 saturated carbocycles. The van der Waals surface area contributed by atoms with Gasteiger partial charge in [0.25, 0.3) is 0 Å². The van der Waals surface area contributed by atoms with Gasteiger partial charge >= 0.3 is 7.40 Å². The summed E-state index contributed by atoms with van der Waals surface area (Å²) in [7, 11) is -3.06. The Hall–Kier alpha value is -2.16. The number of aliphatic imine (C=N–C) groups is 1. The van der Waals surface area contributed by atoms with Gasteiger partial charge in [0, 0.05) is 42.3 Å². The van der Waals surface area contributed by atoms with Crippen molar-refractivity contribution in [2.45, 2.75) is 0 Å². The predicted molar refractivity (Wildman–Crippen MR) is 136 cm³/mol. The minimum absolute atomic E-state index is 0.0124. The summed E-state index contributed by atoms with van der Waals surface area (Å²) < 4.78 is 76.9. The fraction of sp³-hybridized carbons (Fsp3) is 0.0455.